The minimum atomic E-state index is -0.739. The summed E-state index contributed by atoms with van der Waals surface area (Å²) in [5.41, 5.74) is 8.25. The summed E-state index contributed by atoms with van der Waals surface area (Å²) in [5.74, 6) is 0.939. The monoisotopic (exact) mass is 557 g/mol. The summed E-state index contributed by atoms with van der Waals surface area (Å²) in [6.45, 7) is 0. The zero-order valence-electron chi connectivity index (χ0n) is 19.4. The van der Waals surface area contributed by atoms with Gasteiger partial charge in [0.05, 0.1) is 16.3 Å². The van der Waals surface area contributed by atoms with Gasteiger partial charge >= 0.3 is 6.03 Å². The van der Waals surface area contributed by atoms with Crippen LogP contribution >= 0.6 is 23.2 Å². The molecule has 0 spiro atoms. The van der Waals surface area contributed by atoms with Crippen LogP contribution in [0.4, 0.5) is 13.6 Å². The van der Waals surface area contributed by atoms with E-state index in [9.17, 15) is 18.4 Å². The van der Waals surface area contributed by atoms with Gasteiger partial charge in [-0.3, -0.25) is 4.79 Å². The van der Waals surface area contributed by atoms with Crippen LogP contribution in [0, 0.1) is 11.6 Å². The van der Waals surface area contributed by atoms with Crippen LogP contribution in [0.15, 0.2) is 90.0 Å². The van der Waals surface area contributed by atoms with Gasteiger partial charge in [-0.2, -0.15) is 5.10 Å². The van der Waals surface area contributed by atoms with Crippen molar-refractivity contribution in [2.75, 3.05) is 0 Å². The number of primary amides is 1. The predicted octanol–water partition coefficient (Wildman–Crippen LogP) is 7.36. The Morgan fingerprint density at radius 1 is 0.763 bits per heavy atom. The third kappa shape index (κ3) is 8.88. The molecule has 0 unspecified atom stereocenters. The molecule has 0 fully saturated rings. The Morgan fingerprint density at radius 3 is 1.61 bits per heavy atom. The van der Waals surface area contributed by atoms with Crippen molar-refractivity contribution in [3.05, 3.63) is 118 Å². The van der Waals surface area contributed by atoms with Gasteiger partial charge in [0.25, 0.3) is 0 Å². The Morgan fingerprint density at radius 2 is 1.21 bits per heavy atom. The summed E-state index contributed by atoms with van der Waals surface area (Å²) >= 11 is 11.7. The Bertz CT molecular complexity index is 1430. The van der Waals surface area contributed by atoms with E-state index < -0.39 is 17.7 Å². The van der Waals surface area contributed by atoms with Crippen molar-refractivity contribution in [2.24, 2.45) is 10.8 Å². The van der Waals surface area contributed by atoms with Crippen molar-refractivity contribution in [1.82, 2.24) is 5.43 Å². The number of hydrazone groups is 1. The molecule has 4 aromatic carbocycles. The molecule has 0 saturated carbocycles. The van der Waals surface area contributed by atoms with E-state index >= 15 is 0 Å². The van der Waals surface area contributed by atoms with E-state index in [1.165, 1.54) is 42.6 Å². The van der Waals surface area contributed by atoms with Crippen molar-refractivity contribution >= 4 is 41.7 Å². The average Bonchev–Trinajstić information content (AvgIpc) is 2.89. The van der Waals surface area contributed by atoms with Gasteiger partial charge in [-0.1, -0.05) is 23.2 Å². The molecular formula is C27H19Cl2F2N3O4. The fourth-order valence-electron chi connectivity index (χ4n) is 2.78. The zero-order valence-corrected chi connectivity index (χ0v) is 20.9. The Balaban J connectivity index is 0.000000215. The van der Waals surface area contributed by atoms with E-state index in [-0.39, 0.29) is 10.0 Å². The van der Waals surface area contributed by atoms with E-state index in [1.54, 1.807) is 48.5 Å². The topological polar surface area (TPSA) is 103 Å². The number of benzene rings is 4. The second-order valence-electron chi connectivity index (χ2n) is 7.34. The number of nitrogens with zero attached hydrogens (tertiary/aromatic N) is 1. The molecule has 7 nitrogen and oxygen atoms in total. The maximum absolute atomic E-state index is 12.9. The second-order valence-corrected chi connectivity index (χ2v) is 8.16. The predicted molar refractivity (Wildman–Crippen MR) is 142 cm³/mol. The number of carbonyl (C=O) groups is 2. The lowest BCUT2D eigenvalue weighted by atomic mass is 10.2. The Hall–Kier alpha value is -4.47. The number of amides is 2. The van der Waals surface area contributed by atoms with E-state index in [2.05, 4.69) is 10.5 Å². The Kier molecular flexibility index (Phi) is 10.2. The normalized spacial score (nSPS) is 10.3. The van der Waals surface area contributed by atoms with Crippen LogP contribution in [0.2, 0.25) is 10.0 Å². The maximum atomic E-state index is 12.9. The first kappa shape index (κ1) is 28.1. The van der Waals surface area contributed by atoms with Crippen molar-refractivity contribution in [3.8, 4) is 23.0 Å². The lowest BCUT2D eigenvalue weighted by Gasteiger charge is -2.07. The molecule has 0 aromatic heterocycles. The highest BCUT2D eigenvalue weighted by atomic mass is 35.5. The van der Waals surface area contributed by atoms with E-state index in [0.717, 1.165) is 11.8 Å². The molecular weight excluding hydrogens is 539 g/mol. The summed E-state index contributed by atoms with van der Waals surface area (Å²) in [5, 5.41) is 4.01. The fourth-order valence-corrected chi connectivity index (χ4v) is 3.19. The van der Waals surface area contributed by atoms with Crippen molar-refractivity contribution in [2.45, 2.75) is 0 Å². The summed E-state index contributed by atoms with van der Waals surface area (Å²) in [6.07, 6.45) is 2.17. The van der Waals surface area contributed by atoms with Crippen LogP contribution in [0.25, 0.3) is 0 Å². The van der Waals surface area contributed by atoms with Crippen molar-refractivity contribution in [1.29, 1.82) is 0 Å². The van der Waals surface area contributed by atoms with Crippen LogP contribution in [0.3, 0.4) is 0 Å². The number of halogens is 4. The fraction of sp³-hybridized carbons (Fsp3) is 0. The van der Waals surface area contributed by atoms with Crippen LogP contribution < -0.4 is 20.6 Å². The molecule has 0 radical (unpaired) electrons. The van der Waals surface area contributed by atoms with E-state index in [0.29, 0.717) is 28.6 Å². The van der Waals surface area contributed by atoms with Gasteiger partial charge in [-0.05, 0) is 90.5 Å². The highest BCUT2D eigenvalue weighted by molar-refractivity contribution is 6.32. The molecule has 11 heteroatoms. The van der Waals surface area contributed by atoms with Gasteiger partial charge in [-0.15, -0.1) is 0 Å². The number of aldehydes is 1. The van der Waals surface area contributed by atoms with Crippen molar-refractivity contribution in [3.63, 3.8) is 0 Å². The number of nitrogens with two attached hydrogens (primary N) is 1. The highest BCUT2D eigenvalue weighted by Crippen LogP contribution is 2.30. The van der Waals surface area contributed by atoms with Crippen LogP contribution in [-0.2, 0) is 0 Å². The largest absolute Gasteiger partial charge is 0.456 e. The number of hydrogen-bond donors (Lipinski definition) is 2. The first-order chi connectivity index (χ1) is 18.2. The maximum Gasteiger partial charge on any atom is 0.332 e. The number of ether oxygens (including phenoxy) is 2. The van der Waals surface area contributed by atoms with Crippen LogP contribution in [-0.4, -0.2) is 18.5 Å². The molecule has 0 heterocycles. The molecule has 3 N–H and O–H groups in total. The van der Waals surface area contributed by atoms with E-state index in [4.69, 9.17) is 38.4 Å². The summed E-state index contributed by atoms with van der Waals surface area (Å²) < 4.78 is 36.7. The standard InChI is InChI=1S/C14H11ClFN3O2.C13H8ClFO2/c15-12-7-10(16)3-6-13(12)21-11-4-1-9(2-5-11)8-18-19-14(17)20;14-12-7-10(15)3-6-13(12)17-11-4-1-9(8-16)2-5-11/h1-8H,(H3,17,19,20);1-8H. The summed E-state index contributed by atoms with van der Waals surface area (Å²) in [6, 6.07) is 20.4. The smallest absolute Gasteiger partial charge is 0.332 e. The number of nitrogens with one attached hydrogen (secondary N) is 1. The Labute approximate surface area is 226 Å². The lowest BCUT2D eigenvalue weighted by molar-refractivity contribution is 0.112. The number of urea groups is 1. The average molecular weight is 558 g/mol. The van der Waals surface area contributed by atoms with Gasteiger partial charge in [0.1, 0.15) is 40.9 Å². The number of rotatable bonds is 7. The first-order valence-electron chi connectivity index (χ1n) is 10.7. The van der Waals surface area contributed by atoms with E-state index in [1.807, 2.05) is 0 Å². The van der Waals surface area contributed by atoms with Gasteiger partial charge in [0.2, 0.25) is 0 Å². The molecule has 38 heavy (non-hydrogen) atoms. The third-order valence-electron chi connectivity index (χ3n) is 4.53. The molecule has 2 amide bonds. The van der Waals surface area contributed by atoms with Gasteiger partial charge < -0.3 is 15.2 Å². The number of hydrogen-bond acceptors (Lipinski definition) is 5. The molecule has 194 valence electrons. The molecule has 0 bridgehead atoms. The minimum Gasteiger partial charge on any atom is -0.456 e. The summed E-state index contributed by atoms with van der Waals surface area (Å²) in [4.78, 5) is 20.9. The lowest BCUT2D eigenvalue weighted by Crippen LogP contribution is -2.24. The molecule has 0 aliphatic rings. The summed E-state index contributed by atoms with van der Waals surface area (Å²) in [7, 11) is 0. The van der Waals surface area contributed by atoms with Crippen LogP contribution in [0.1, 0.15) is 15.9 Å². The third-order valence-corrected chi connectivity index (χ3v) is 5.12. The molecule has 4 aromatic rings. The molecule has 0 saturated heterocycles. The molecule has 4 rings (SSSR count). The first-order valence-corrected chi connectivity index (χ1v) is 11.5. The molecule has 0 aliphatic carbocycles. The second kappa shape index (κ2) is 13.7. The highest BCUT2D eigenvalue weighted by Gasteiger charge is 2.05. The van der Waals surface area contributed by atoms with Gasteiger partial charge in [0, 0.05) is 5.56 Å². The van der Waals surface area contributed by atoms with Crippen LogP contribution in [0.5, 0.6) is 23.0 Å². The molecule has 0 aliphatic heterocycles. The van der Waals surface area contributed by atoms with Gasteiger partial charge in [-0.25, -0.2) is 19.0 Å². The number of carbonyl (C=O) groups excluding carboxylic acids is 2. The quantitative estimate of drug-likeness (QED) is 0.141. The van der Waals surface area contributed by atoms with Crippen molar-refractivity contribution < 1.29 is 27.8 Å². The zero-order chi connectivity index (χ0) is 27.5. The molecule has 0 atom stereocenters. The van der Waals surface area contributed by atoms with Gasteiger partial charge in [0.15, 0.2) is 0 Å². The SMILES string of the molecule is NC(=O)NN=Cc1ccc(Oc2ccc(F)cc2Cl)cc1.O=Cc1ccc(Oc2ccc(F)cc2Cl)cc1. The minimum absolute atomic E-state index is 0.186.